The van der Waals surface area contributed by atoms with Crippen LogP contribution in [0, 0.1) is 16.0 Å². The monoisotopic (exact) mass is 248 g/mol. The quantitative estimate of drug-likeness (QED) is 0.508. The fourth-order valence-electron chi connectivity index (χ4n) is 1.38. The van der Waals surface area contributed by atoms with E-state index in [-0.39, 0.29) is 23.4 Å². The van der Waals surface area contributed by atoms with Crippen molar-refractivity contribution in [1.82, 2.24) is 0 Å². The summed E-state index contributed by atoms with van der Waals surface area (Å²) in [7, 11) is 0. The summed E-state index contributed by atoms with van der Waals surface area (Å²) in [4.78, 5) is 9.85. The molecule has 0 heterocycles. The fraction of sp³-hybridized carbons (Fsp3) is 0.400. The molecule has 7 heteroatoms. The van der Waals surface area contributed by atoms with Crippen LogP contribution >= 0.6 is 0 Å². The second-order valence-electron chi connectivity index (χ2n) is 3.75. The molecule has 0 spiro atoms. The van der Waals surface area contributed by atoms with Crippen molar-refractivity contribution in [3.8, 4) is 0 Å². The Hall–Kier alpha value is -1.79. The van der Waals surface area contributed by atoms with Gasteiger partial charge < -0.3 is 5.73 Å². The van der Waals surface area contributed by atoms with Gasteiger partial charge in [0.15, 0.2) is 0 Å². The van der Waals surface area contributed by atoms with Gasteiger partial charge in [0, 0.05) is 6.07 Å². The molecule has 1 rings (SSSR count). The van der Waals surface area contributed by atoms with Crippen molar-refractivity contribution >= 4 is 11.4 Å². The van der Waals surface area contributed by atoms with Gasteiger partial charge in [-0.3, -0.25) is 10.1 Å². The van der Waals surface area contributed by atoms with Crippen LogP contribution in [0.4, 0.5) is 24.5 Å². The largest absolute Gasteiger partial charge is 0.393 e. The Morgan fingerprint density at radius 3 is 2.53 bits per heavy atom. The fourth-order valence-corrected chi connectivity index (χ4v) is 1.38. The molecule has 0 aliphatic carbocycles. The van der Waals surface area contributed by atoms with Crippen LogP contribution in [0.25, 0.3) is 0 Å². The molecule has 1 aromatic rings. The summed E-state index contributed by atoms with van der Waals surface area (Å²) in [6.45, 7) is 1.01. The Morgan fingerprint density at radius 2 is 2.06 bits per heavy atom. The van der Waals surface area contributed by atoms with E-state index in [0.717, 1.165) is 13.0 Å². The van der Waals surface area contributed by atoms with Crippen LogP contribution in [-0.4, -0.2) is 11.1 Å². The lowest BCUT2D eigenvalue weighted by Gasteiger charge is -2.16. The summed E-state index contributed by atoms with van der Waals surface area (Å²) < 4.78 is 37.1. The zero-order valence-electron chi connectivity index (χ0n) is 8.99. The van der Waals surface area contributed by atoms with E-state index in [1.54, 1.807) is 0 Å². The number of nitro benzene ring substituents is 1. The maximum absolute atomic E-state index is 12.4. The van der Waals surface area contributed by atoms with Crippen molar-refractivity contribution in [3.63, 3.8) is 0 Å². The minimum atomic E-state index is -4.34. The first-order valence-corrected chi connectivity index (χ1v) is 4.82. The number of nitro groups is 1. The third-order valence-electron chi connectivity index (χ3n) is 2.45. The van der Waals surface area contributed by atoms with Crippen molar-refractivity contribution in [1.29, 1.82) is 0 Å². The van der Waals surface area contributed by atoms with Gasteiger partial charge in [-0.2, -0.15) is 13.2 Å². The topological polar surface area (TPSA) is 69.2 Å². The number of para-hydroxylation sites is 1. The zero-order chi connectivity index (χ0) is 13.2. The first kappa shape index (κ1) is 13.3. The lowest BCUT2D eigenvalue weighted by molar-refractivity contribution is -0.384. The number of anilines is 1. The van der Waals surface area contributed by atoms with Crippen LogP contribution in [0.1, 0.15) is 12.5 Å². The van der Waals surface area contributed by atoms with Crippen LogP contribution in [0.15, 0.2) is 18.2 Å². The van der Waals surface area contributed by atoms with E-state index >= 15 is 0 Å². The molecule has 0 saturated carbocycles. The van der Waals surface area contributed by atoms with E-state index in [1.807, 2.05) is 0 Å². The Bertz CT molecular complexity index is 432. The van der Waals surface area contributed by atoms with E-state index in [0.29, 0.717) is 0 Å². The zero-order valence-corrected chi connectivity index (χ0v) is 8.99. The van der Waals surface area contributed by atoms with Crippen LogP contribution in [-0.2, 0) is 6.42 Å². The average Bonchev–Trinajstić information content (AvgIpc) is 2.19. The number of nitrogens with zero attached hydrogens (tertiary/aromatic N) is 1. The molecule has 0 aliphatic rings. The van der Waals surface area contributed by atoms with E-state index in [9.17, 15) is 23.3 Å². The van der Waals surface area contributed by atoms with Crippen LogP contribution in [0.3, 0.4) is 0 Å². The summed E-state index contributed by atoms with van der Waals surface area (Å²) >= 11 is 0. The SMILES string of the molecule is CC(Cc1cccc([N+](=O)[O-])c1N)C(F)(F)F. The second-order valence-corrected chi connectivity index (χ2v) is 3.75. The van der Waals surface area contributed by atoms with Crippen molar-refractivity contribution in [2.75, 3.05) is 5.73 Å². The molecular weight excluding hydrogens is 237 g/mol. The van der Waals surface area contributed by atoms with Crippen molar-refractivity contribution in [2.24, 2.45) is 5.92 Å². The summed E-state index contributed by atoms with van der Waals surface area (Å²) in [5.74, 6) is -1.59. The third-order valence-corrected chi connectivity index (χ3v) is 2.45. The number of halogens is 3. The van der Waals surface area contributed by atoms with Gasteiger partial charge >= 0.3 is 6.18 Å². The highest BCUT2D eigenvalue weighted by Gasteiger charge is 2.36. The molecule has 0 fully saturated rings. The molecule has 1 aromatic carbocycles. The van der Waals surface area contributed by atoms with Gasteiger partial charge in [0.05, 0.1) is 10.8 Å². The van der Waals surface area contributed by atoms with E-state index in [1.165, 1.54) is 12.1 Å². The Labute approximate surface area is 95.4 Å². The number of nitrogen functional groups attached to an aromatic ring is 1. The van der Waals surface area contributed by atoms with E-state index < -0.39 is 17.0 Å². The van der Waals surface area contributed by atoms with Gasteiger partial charge in [0.1, 0.15) is 5.69 Å². The Morgan fingerprint density at radius 1 is 1.47 bits per heavy atom. The van der Waals surface area contributed by atoms with Crippen LogP contribution < -0.4 is 5.73 Å². The number of hydrogen-bond donors (Lipinski definition) is 1. The molecule has 17 heavy (non-hydrogen) atoms. The molecule has 94 valence electrons. The van der Waals surface area contributed by atoms with Gasteiger partial charge in [-0.25, -0.2) is 0 Å². The molecule has 1 unspecified atom stereocenters. The second kappa shape index (κ2) is 4.60. The minimum absolute atomic E-state index is 0.143. The Balaban J connectivity index is 3.01. The van der Waals surface area contributed by atoms with Gasteiger partial charge in [-0.15, -0.1) is 0 Å². The molecule has 4 nitrogen and oxygen atoms in total. The lowest BCUT2D eigenvalue weighted by atomic mass is 9.99. The molecule has 2 N–H and O–H groups in total. The standard InChI is InChI=1S/C10H11F3N2O2/c1-6(10(11,12)13)5-7-3-2-4-8(9(7)14)15(16)17/h2-4,6H,5,14H2,1H3. The van der Waals surface area contributed by atoms with Crippen LogP contribution in [0.5, 0.6) is 0 Å². The number of rotatable bonds is 3. The van der Waals surface area contributed by atoms with E-state index in [2.05, 4.69) is 0 Å². The predicted octanol–water partition coefficient (Wildman–Crippen LogP) is 2.92. The molecular formula is C10H11F3N2O2. The van der Waals surface area contributed by atoms with E-state index in [4.69, 9.17) is 5.73 Å². The molecule has 0 bridgehead atoms. The molecule has 0 aliphatic heterocycles. The maximum atomic E-state index is 12.4. The summed E-state index contributed by atoms with van der Waals surface area (Å²) in [5.41, 5.74) is 5.05. The number of benzene rings is 1. The third kappa shape index (κ3) is 3.08. The van der Waals surface area contributed by atoms with Gasteiger partial charge in [0.25, 0.3) is 5.69 Å². The highest BCUT2D eigenvalue weighted by molar-refractivity contribution is 5.63. The molecule has 0 aromatic heterocycles. The molecule has 1 atom stereocenters. The molecule has 0 saturated heterocycles. The number of hydrogen-bond acceptors (Lipinski definition) is 3. The average molecular weight is 248 g/mol. The normalized spacial score (nSPS) is 13.4. The first-order valence-electron chi connectivity index (χ1n) is 4.82. The summed E-state index contributed by atoms with van der Waals surface area (Å²) in [5, 5.41) is 10.6. The predicted molar refractivity (Wildman–Crippen MR) is 56.4 cm³/mol. The smallest absolute Gasteiger partial charge is 0.391 e. The highest BCUT2D eigenvalue weighted by atomic mass is 19.4. The number of nitrogens with two attached hydrogens (primary N) is 1. The van der Waals surface area contributed by atoms with Crippen molar-refractivity contribution < 1.29 is 18.1 Å². The summed E-state index contributed by atoms with van der Waals surface area (Å²) in [6, 6.07) is 3.86. The van der Waals surface area contributed by atoms with Gasteiger partial charge in [-0.1, -0.05) is 19.1 Å². The van der Waals surface area contributed by atoms with Gasteiger partial charge in [0.2, 0.25) is 0 Å². The maximum Gasteiger partial charge on any atom is 0.391 e. The summed E-state index contributed by atoms with van der Waals surface area (Å²) in [6.07, 6.45) is -4.70. The van der Waals surface area contributed by atoms with Crippen LogP contribution in [0.2, 0.25) is 0 Å². The molecule has 0 amide bonds. The highest BCUT2D eigenvalue weighted by Crippen LogP contribution is 2.32. The lowest BCUT2D eigenvalue weighted by Crippen LogP contribution is -2.22. The van der Waals surface area contributed by atoms with Crippen molar-refractivity contribution in [2.45, 2.75) is 19.5 Å². The van der Waals surface area contributed by atoms with Crippen molar-refractivity contribution in [3.05, 3.63) is 33.9 Å². The minimum Gasteiger partial charge on any atom is -0.393 e. The molecule has 0 radical (unpaired) electrons. The first-order chi connectivity index (χ1) is 7.73. The Kier molecular flexibility index (Phi) is 3.59. The number of alkyl halides is 3. The van der Waals surface area contributed by atoms with Gasteiger partial charge in [-0.05, 0) is 12.0 Å².